The average Bonchev–Trinajstić information content (AvgIpc) is 3.08. The van der Waals surface area contributed by atoms with Crippen LogP contribution in [0.25, 0.3) is 0 Å². The van der Waals surface area contributed by atoms with Crippen LogP contribution < -0.4 is 4.74 Å². The Hall–Kier alpha value is -1.67. The van der Waals surface area contributed by atoms with Crippen molar-refractivity contribution in [3.05, 3.63) is 29.1 Å². The van der Waals surface area contributed by atoms with Crippen molar-refractivity contribution in [2.45, 2.75) is 38.1 Å². The lowest BCUT2D eigenvalue weighted by atomic mass is 9.96. The maximum Gasteiger partial charge on any atom is 0.235 e. The zero-order chi connectivity index (χ0) is 13.3. The number of carbonyl (C=O) groups excluding carboxylic acids is 1. The molecule has 0 bridgehead atoms. The topological polar surface area (TPSA) is 38.7 Å². The van der Waals surface area contributed by atoms with E-state index in [0.29, 0.717) is 16.9 Å². The molecule has 0 atom stereocenters. The van der Waals surface area contributed by atoms with E-state index in [9.17, 15) is 9.18 Å². The molecule has 0 radical (unpaired) electrons. The molecule has 0 unspecified atom stereocenters. The molecule has 1 fully saturated rings. The van der Waals surface area contributed by atoms with Gasteiger partial charge in [0.25, 0.3) is 0 Å². The number of aliphatic imine (C=N–C) groups is 1. The first-order valence-electron chi connectivity index (χ1n) is 6.01. The third-order valence-corrected chi connectivity index (χ3v) is 3.41. The molecule has 4 heteroatoms. The summed E-state index contributed by atoms with van der Waals surface area (Å²) in [5.41, 5.74) is 0.697. The molecule has 1 saturated carbocycles. The SMILES string of the molecule is COc1cc(C2(N=C=O)CC2)cc(F)c1C(C)C. The number of benzene rings is 1. The second-order valence-electron chi connectivity index (χ2n) is 4.96. The quantitative estimate of drug-likeness (QED) is 0.606. The Kier molecular flexibility index (Phi) is 3.22. The Balaban J connectivity index is 2.53. The Morgan fingerprint density at radius 3 is 2.56 bits per heavy atom. The molecule has 1 aromatic carbocycles. The summed E-state index contributed by atoms with van der Waals surface area (Å²) < 4.78 is 19.4. The van der Waals surface area contributed by atoms with E-state index in [1.54, 1.807) is 12.1 Å². The van der Waals surface area contributed by atoms with E-state index < -0.39 is 5.54 Å². The fourth-order valence-electron chi connectivity index (χ4n) is 2.26. The van der Waals surface area contributed by atoms with Crippen molar-refractivity contribution in [1.82, 2.24) is 0 Å². The van der Waals surface area contributed by atoms with Crippen molar-refractivity contribution in [2.24, 2.45) is 4.99 Å². The van der Waals surface area contributed by atoms with Crippen molar-refractivity contribution < 1.29 is 13.9 Å². The van der Waals surface area contributed by atoms with Gasteiger partial charge in [-0.2, -0.15) is 4.99 Å². The number of hydrogen-bond acceptors (Lipinski definition) is 3. The van der Waals surface area contributed by atoms with Crippen LogP contribution >= 0.6 is 0 Å². The lowest BCUT2D eigenvalue weighted by Crippen LogP contribution is -2.07. The van der Waals surface area contributed by atoms with Gasteiger partial charge >= 0.3 is 0 Å². The van der Waals surface area contributed by atoms with Gasteiger partial charge in [0.15, 0.2) is 0 Å². The smallest absolute Gasteiger partial charge is 0.235 e. The minimum Gasteiger partial charge on any atom is -0.496 e. The number of hydrogen-bond donors (Lipinski definition) is 0. The van der Waals surface area contributed by atoms with Crippen molar-refractivity contribution in [3.63, 3.8) is 0 Å². The number of isocyanates is 1. The van der Waals surface area contributed by atoms with E-state index in [0.717, 1.165) is 12.8 Å². The molecule has 96 valence electrons. The monoisotopic (exact) mass is 249 g/mol. The normalized spacial score (nSPS) is 16.3. The van der Waals surface area contributed by atoms with E-state index >= 15 is 0 Å². The van der Waals surface area contributed by atoms with Crippen molar-refractivity contribution >= 4 is 6.08 Å². The van der Waals surface area contributed by atoms with Gasteiger partial charge < -0.3 is 4.74 Å². The molecule has 1 aliphatic rings. The summed E-state index contributed by atoms with van der Waals surface area (Å²) >= 11 is 0. The maximum atomic E-state index is 14.1. The lowest BCUT2D eigenvalue weighted by Gasteiger charge is -2.17. The third-order valence-electron chi connectivity index (χ3n) is 3.41. The number of rotatable bonds is 4. The zero-order valence-electron chi connectivity index (χ0n) is 10.8. The molecular weight excluding hydrogens is 233 g/mol. The lowest BCUT2D eigenvalue weighted by molar-refractivity contribution is 0.400. The number of nitrogens with zero attached hydrogens (tertiary/aromatic N) is 1. The Labute approximate surface area is 106 Å². The van der Waals surface area contributed by atoms with Crippen molar-refractivity contribution in [2.75, 3.05) is 7.11 Å². The second-order valence-corrected chi connectivity index (χ2v) is 4.96. The van der Waals surface area contributed by atoms with Gasteiger partial charge in [-0.15, -0.1) is 0 Å². The number of halogens is 1. The first-order valence-corrected chi connectivity index (χ1v) is 6.01. The molecule has 2 rings (SSSR count). The van der Waals surface area contributed by atoms with Crippen molar-refractivity contribution in [1.29, 1.82) is 0 Å². The molecule has 0 aliphatic heterocycles. The standard InChI is InChI=1S/C14H16FNO2/c1-9(2)13-11(15)6-10(7-12(13)18-3)14(4-5-14)16-8-17/h6-7,9H,4-5H2,1-3H3. The highest BCUT2D eigenvalue weighted by molar-refractivity contribution is 5.47. The summed E-state index contributed by atoms with van der Waals surface area (Å²) in [5, 5.41) is 0. The highest BCUT2D eigenvalue weighted by atomic mass is 19.1. The third kappa shape index (κ3) is 2.04. The van der Waals surface area contributed by atoms with Gasteiger partial charge in [-0.05, 0) is 36.5 Å². The van der Waals surface area contributed by atoms with Gasteiger partial charge in [0.1, 0.15) is 11.6 Å². The first kappa shape index (κ1) is 12.8. The van der Waals surface area contributed by atoms with Crippen LogP contribution in [0.1, 0.15) is 43.7 Å². The van der Waals surface area contributed by atoms with Gasteiger partial charge in [0, 0.05) is 5.56 Å². The van der Waals surface area contributed by atoms with Crippen LogP contribution in [0.5, 0.6) is 5.75 Å². The highest BCUT2D eigenvalue weighted by Gasteiger charge is 2.45. The molecule has 1 aromatic rings. The summed E-state index contributed by atoms with van der Waals surface area (Å²) in [5.74, 6) is 0.262. The second kappa shape index (κ2) is 4.54. The Bertz CT molecular complexity index is 515. The van der Waals surface area contributed by atoms with Crippen LogP contribution in [-0.4, -0.2) is 13.2 Å². The van der Waals surface area contributed by atoms with Gasteiger partial charge in [0.2, 0.25) is 6.08 Å². The highest BCUT2D eigenvalue weighted by Crippen LogP contribution is 2.50. The fraction of sp³-hybridized carbons (Fsp3) is 0.500. The Morgan fingerprint density at radius 2 is 2.11 bits per heavy atom. The molecule has 0 heterocycles. The molecule has 1 aliphatic carbocycles. The summed E-state index contributed by atoms with van der Waals surface area (Å²) in [6.45, 7) is 3.83. The van der Waals surface area contributed by atoms with Gasteiger partial charge in [-0.1, -0.05) is 13.8 Å². The number of ether oxygens (including phenoxy) is 1. The zero-order valence-corrected chi connectivity index (χ0v) is 10.8. The van der Waals surface area contributed by atoms with Gasteiger partial charge in [-0.3, -0.25) is 0 Å². The Morgan fingerprint density at radius 1 is 1.44 bits per heavy atom. The molecule has 0 aromatic heterocycles. The molecule has 18 heavy (non-hydrogen) atoms. The van der Waals surface area contributed by atoms with Crippen LogP contribution in [0.2, 0.25) is 0 Å². The summed E-state index contributed by atoms with van der Waals surface area (Å²) in [7, 11) is 1.52. The molecule has 0 amide bonds. The minimum absolute atomic E-state index is 0.0405. The first-order chi connectivity index (χ1) is 8.54. The number of methoxy groups -OCH3 is 1. The van der Waals surface area contributed by atoms with Gasteiger partial charge in [0.05, 0.1) is 12.6 Å². The van der Waals surface area contributed by atoms with Crippen LogP contribution in [0.4, 0.5) is 4.39 Å². The van der Waals surface area contributed by atoms with Gasteiger partial charge in [-0.25, -0.2) is 9.18 Å². The molecule has 0 N–H and O–H groups in total. The maximum absolute atomic E-state index is 14.1. The van der Waals surface area contributed by atoms with Crippen molar-refractivity contribution in [3.8, 4) is 5.75 Å². The predicted octanol–water partition coefficient (Wildman–Crippen LogP) is 3.28. The summed E-state index contributed by atoms with van der Waals surface area (Å²) in [4.78, 5) is 14.2. The fourth-order valence-corrected chi connectivity index (χ4v) is 2.26. The van der Waals surface area contributed by atoms with Crippen LogP contribution in [0.15, 0.2) is 17.1 Å². The minimum atomic E-state index is -0.564. The van der Waals surface area contributed by atoms with E-state index in [1.165, 1.54) is 13.2 Å². The molecular formula is C14H16FNO2. The summed E-state index contributed by atoms with van der Waals surface area (Å²) in [6, 6.07) is 3.25. The van der Waals surface area contributed by atoms with Crippen LogP contribution in [0.3, 0.4) is 0 Å². The van der Waals surface area contributed by atoms with Crippen LogP contribution in [-0.2, 0) is 10.3 Å². The average molecular weight is 249 g/mol. The van der Waals surface area contributed by atoms with E-state index in [4.69, 9.17) is 4.74 Å². The largest absolute Gasteiger partial charge is 0.496 e. The molecule has 3 nitrogen and oxygen atoms in total. The van der Waals surface area contributed by atoms with E-state index in [2.05, 4.69) is 4.99 Å². The molecule has 0 spiro atoms. The van der Waals surface area contributed by atoms with Crippen LogP contribution in [0, 0.1) is 5.82 Å². The predicted molar refractivity (Wildman–Crippen MR) is 66.1 cm³/mol. The summed E-state index contributed by atoms with van der Waals surface area (Å²) in [6.07, 6.45) is 3.09. The van der Waals surface area contributed by atoms with E-state index in [1.807, 2.05) is 13.8 Å². The van der Waals surface area contributed by atoms with E-state index in [-0.39, 0.29) is 11.7 Å². The molecule has 0 saturated heterocycles.